The van der Waals surface area contributed by atoms with Crippen LogP contribution in [-0.4, -0.2) is 27.8 Å². The summed E-state index contributed by atoms with van der Waals surface area (Å²) in [7, 11) is 0. The van der Waals surface area contributed by atoms with Crippen LogP contribution in [0.15, 0.2) is 42.0 Å². The van der Waals surface area contributed by atoms with E-state index in [0.717, 1.165) is 16.5 Å². The number of benzene rings is 1. The van der Waals surface area contributed by atoms with E-state index in [0.29, 0.717) is 11.6 Å². The van der Waals surface area contributed by atoms with Gasteiger partial charge in [-0.15, -0.1) is 11.3 Å². The van der Waals surface area contributed by atoms with Crippen molar-refractivity contribution in [2.45, 2.75) is 19.4 Å². The molecule has 0 radical (unpaired) electrons. The van der Waals surface area contributed by atoms with Gasteiger partial charge in [0.05, 0.1) is 0 Å². The minimum absolute atomic E-state index is 0.246. The summed E-state index contributed by atoms with van der Waals surface area (Å²) in [6.07, 6.45) is 3.89. The van der Waals surface area contributed by atoms with Crippen molar-refractivity contribution in [2.75, 3.05) is 5.32 Å². The van der Waals surface area contributed by atoms with Gasteiger partial charge in [0.1, 0.15) is 6.04 Å². The number of aromatic amines is 1. The minimum atomic E-state index is -0.657. The molecule has 0 saturated heterocycles. The van der Waals surface area contributed by atoms with Crippen LogP contribution in [0.1, 0.15) is 12.5 Å². The average Bonchev–Trinajstić information content (AvgIpc) is 3.16. The van der Waals surface area contributed by atoms with Gasteiger partial charge in [-0.25, -0.2) is 4.98 Å². The Bertz CT molecular complexity index is 826. The first-order valence-corrected chi connectivity index (χ1v) is 8.04. The van der Waals surface area contributed by atoms with Crippen LogP contribution in [0.25, 0.3) is 10.9 Å². The fourth-order valence-corrected chi connectivity index (χ4v) is 2.98. The molecule has 2 amide bonds. The number of hydrogen-bond donors (Lipinski definition) is 3. The number of nitrogens with one attached hydrogen (secondary N) is 3. The lowest BCUT2D eigenvalue weighted by Gasteiger charge is -2.16. The molecule has 0 saturated carbocycles. The Hall–Kier alpha value is -2.67. The quantitative estimate of drug-likeness (QED) is 0.672. The SMILES string of the molecule is CC(=O)N[C@@H](Cc1c[nH]c2ccccc12)C(=O)Nc1nccs1. The van der Waals surface area contributed by atoms with Crippen LogP contribution in [0, 0.1) is 0 Å². The average molecular weight is 328 g/mol. The van der Waals surface area contributed by atoms with Gasteiger partial charge in [0.2, 0.25) is 11.8 Å². The molecule has 3 rings (SSSR count). The van der Waals surface area contributed by atoms with Crippen molar-refractivity contribution in [2.24, 2.45) is 0 Å². The summed E-state index contributed by atoms with van der Waals surface area (Å²) in [5.74, 6) is -0.524. The standard InChI is InChI=1S/C16H16N4O2S/c1-10(21)19-14(15(22)20-16-17-6-7-23-16)8-11-9-18-13-5-3-2-4-12(11)13/h2-7,9,14,18H,8H2,1H3,(H,19,21)(H,17,20,22)/t14-/m0/s1. The second-order valence-electron chi connectivity index (χ2n) is 5.14. The molecule has 3 aromatic rings. The molecule has 0 aliphatic heterocycles. The van der Waals surface area contributed by atoms with E-state index in [1.54, 1.807) is 11.6 Å². The van der Waals surface area contributed by atoms with Gasteiger partial charge >= 0.3 is 0 Å². The van der Waals surface area contributed by atoms with Crippen molar-refractivity contribution in [3.63, 3.8) is 0 Å². The van der Waals surface area contributed by atoms with Gasteiger partial charge in [-0.3, -0.25) is 9.59 Å². The topological polar surface area (TPSA) is 86.9 Å². The number of H-pyrrole nitrogens is 1. The molecule has 23 heavy (non-hydrogen) atoms. The molecular formula is C16H16N4O2S. The van der Waals surface area contributed by atoms with Crippen molar-refractivity contribution in [1.29, 1.82) is 0 Å². The number of rotatable bonds is 5. The maximum absolute atomic E-state index is 12.4. The second kappa shape index (κ2) is 6.62. The number of para-hydroxylation sites is 1. The Morgan fingerprint density at radius 1 is 1.35 bits per heavy atom. The summed E-state index contributed by atoms with van der Waals surface area (Å²) in [5, 5.41) is 8.78. The van der Waals surface area contributed by atoms with Gasteiger partial charge in [0, 0.05) is 42.0 Å². The largest absolute Gasteiger partial charge is 0.361 e. The van der Waals surface area contributed by atoms with E-state index in [4.69, 9.17) is 0 Å². The number of anilines is 1. The van der Waals surface area contributed by atoms with Gasteiger partial charge in [-0.05, 0) is 11.6 Å². The number of carbonyl (C=O) groups excluding carboxylic acids is 2. The molecule has 3 N–H and O–H groups in total. The summed E-state index contributed by atoms with van der Waals surface area (Å²) in [4.78, 5) is 31.1. The van der Waals surface area contributed by atoms with Crippen molar-refractivity contribution in [1.82, 2.24) is 15.3 Å². The fraction of sp³-hybridized carbons (Fsp3) is 0.188. The van der Waals surface area contributed by atoms with E-state index in [2.05, 4.69) is 20.6 Å². The van der Waals surface area contributed by atoms with E-state index >= 15 is 0 Å². The first-order chi connectivity index (χ1) is 11.1. The monoisotopic (exact) mass is 328 g/mol. The molecule has 2 aromatic heterocycles. The smallest absolute Gasteiger partial charge is 0.249 e. The van der Waals surface area contributed by atoms with Gasteiger partial charge in [-0.1, -0.05) is 18.2 Å². The highest BCUT2D eigenvalue weighted by molar-refractivity contribution is 7.13. The van der Waals surface area contributed by atoms with E-state index in [9.17, 15) is 9.59 Å². The van der Waals surface area contributed by atoms with Crippen LogP contribution in [0.5, 0.6) is 0 Å². The predicted octanol–water partition coefficient (Wildman–Crippen LogP) is 2.31. The zero-order chi connectivity index (χ0) is 16.2. The lowest BCUT2D eigenvalue weighted by Crippen LogP contribution is -2.44. The molecule has 2 heterocycles. The number of fused-ring (bicyclic) bond motifs is 1. The van der Waals surface area contributed by atoms with Crippen molar-refractivity contribution in [3.05, 3.63) is 47.6 Å². The van der Waals surface area contributed by atoms with Crippen LogP contribution in [0.3, 0.4) is 0 Å². The molecule has 0 spiro atoms. The third kappa shape index (κ3) is 3.57. The molecule has 118 valence electrons. The summed E-state index contributed by atoms with van der Waals surface area (Å²) in [5.41, 5.74) is 1.98. The lowest BCUT2D eigenvalue weighted by atomic mass is 10.0. The molecule has 0 aliphatic rings. The van der Waals surface area contributed by atoms with Gasteiger partial charge in [0.25, 0.3) is 0 Å². The van der Waals surface area contributed by atoms with Crippen molar-refractivity contribution >= 4 is 39.2 Å². The van der Waals surface area contributed by atoms with Crippen molar-refractivity contribution in [3.8, 4) is 0 Å². The van der Waals surface area contributed by atoms with E-state index in [1.165, 1.54) is 18.3 Å². The molecule has 6 nitrogen and oxygen atoms in total. The number of nitrogens with zero attached hydrogens (tertiary/aromatic N) is 1. The number of aromatic nitrogens is 2. The third-order valence-corrected chi connectivity index (χ3v) is 4.14. The van der Waals surface area contributed by atoms with Crippen LogP contribution < -0.4 is 10.6 Å². The lowest BCUT2D eigenvalue weighted by molar-refractivity contribution is -0.125. The molecule has 0 fully saturated rings. The molecule has 1 aromatic carbocycles. The summed E-state index contributed by atoms with van der Waals surface area (Å²) in [6.45, 7) is 1.40. The molecule has 7 heteroatoms. The number of thiazole rings is 1. The van der Waals surface area contributed by atoms with Crippen molar-refractivity contribution < 1.29 is 9.59 Å². The molecule has 0 unspecified atom stereocenters. The zero-order valence-corrected chi connectivity index (χ0v) is 13.3. The normalized spacial score (nSPS) is 12.0. The van der Waals surface area contributed by atoms with E-state index < -0.39 is 6.04 Å². The Morgan fingerprint density at radius 2 is 2.17 bits per heavy atom. The Balaban J connectivity index is 1.81. The Labute approximate surface area is 136 Å². The summed E-state index contributed by atoms with van der Waals surface area (Å²) < 4.78 is 0. The molecular weight excluding hydrogens is 312 g/mol. The molecule has 0 bridgehead atoms. The molecule has 0 aliphatic carbocycles. The van der Waals surface area contributed by atoms with Crippen LogP contribution in [-0.2, 0) is 16.0 Å². The predicted molar refractivity (Wildman–Crippen MR) is 90.4 cm³/mol. The number of hydrogen-bond acceptors (Lipinski definition) is 4. The van der Waals surface area contributed by atoms with E-state index in [1.807, 2.05) is 30.5 Å². The highest BCUT2D eigenvalue weighted by Gasteiger charge is 2.22. The van der Waals surface area contributed by atoms with Crippen LogP contribution in [0.2, 0.25) is 0 Å². The van der Waals surface area contributed by atoms with E-state index in [-0.39, 0.29) is 11.8 Å². The maximum atomic E-state index is 12.4. The molecule has 1 atom stereocenters. The van der Waals surface area contributed by atoms with Gasteiger partial charge < -0.3 is 15.6 Å². The van der Waals surface area contributed by atoms with Crippen LogP contribution >= 0.6 is 11.3 Å². The number of amides is 2. The van der Waals surface area contributed by atoms with Gasteiger partial charge in [-0.2, -0.15) is 0 Å². The summed E-state index contributed by atoms with van der Waals surface area (Å²) >= 11 is 1.34. The summed E-state index contributed by atoms with van der Waals surface area (Å²) in [6, 6.07) is 7.20. The minimum Gasteiger partial charge on any atom is -0.361 e. The first kappa shape index (κ1) is 15.2. The van der Waals surface area contributed by atoms with Crippen LogP contribution in [0.4, 0.5) is 5.13 Å². The highest BCUT2D eigenvalue weighted by Crippen LogP contribution is 2.20. The first-order valence-electron chi connectivity index (χ1n) is 7.16. The number of carbonyl (C=O) groups is 2. The maximum Gasteiger partial charge on any atom is 0.249 e. The zero-order valence-electron chi connectivity index (χ0n) is 12.5. The third-order valence-electron chi connectivity index (χ3n) is 3.46. The highest BCUT2D eigenvalue weighted by atomic mass is 32.1. The van der Waals surface area contributed by atoms with Gasteiger partial charge in [0.15, 0.2) is 5.13 Å². The second-order valence-corrected chi connectivity index (χ2v) is 6.04. The Kier molecular flexibility index (Phi) is 4.38. The fourth-order valence-electron chi connectivity index (χ4n) is 2.45. The Morgan fingerprint density at radius 3 is 2.91 bits per heavy atom.